The monoisotopic (exact) mass is 1130 g/mol. The van der Waals surface area contributed by atoms with E-state index in [1.807, 2.05) is 33.3 Å². The molecule has 0 aromatic heterocycles. The van der Waals surface area contributed by atoms with E-state index in [0.29, 0.717) is 17.4 Å². The maximum atomic E-state index is 13.6. The van der Waals surface area contributed by atoms with Crippen molar-refractivity contribution in [2.45, 2.75) is 341 Å². The maximum Gasteiger partial charge on any atom is 0.306 e. The predicted molar refractivity (Wildman–Crippen MR) is 339 cm³/mol. The third-order valence-corrected chi connectivity index (χ3v) is 16.2. The number of esters is 1. The standard InChI is InChI=1S/C69H131N2O7P/c1-7-10-13-16-19-22-25-28-30-32-34-35-37-39-41-44-47-50-53-56-59-62-69(73)78-67(60-57-54-51-48-45-42-27-24-21-18-15-12-9-3)66(65-77-79(74,75)76-64-63-71(4,5)6)70-68(72)61-58-55-52-49-46-43-40-38-36-33-31-29-26-23-20-17-14-11-8-2/h20,23,29,31,36,38,57,60,66-67H,7-19,21-22,24-28,30,32-35,37,39-56,58-59,61-65H2,1-6H3,(H-,70,72,74,75)/b23-20-,31-29-,38-36-,60-57+. The number of hydrogen-bond acceptors (Lipinski definition) is 7. The number of phosphoric acid groups is 1. The lowest BCUT2D eigenvalue weighted by atomic mass is 10.0. The highest BCUT2D eigenvalue weighted by molar-refractivity contribution is 7.45. The van der Waals surface area contributed by atoms with E-state index in [4.69, 9.17) is 13.8 Å². The Kier molecular flexibility index (Phi) is 57.6. The quantitative estimate of drug-likeness (QED) is 0.0212. The van der Waals surface area contributed by atoms with Crippen molar-refractivity contribution in [2.75, 3.05) is 40.9 Å². The number of allylic oxidation sites excluding steroid dienone is 7. The first kappa shape index (κ1) is 77.0. The summed E-state index contributed by atoms with van der Waals surface area (Å²) in [6.45, 7) is 6.85. The Hall–Kier alpha value is -2.03. The molecule has 0 aromatic carbocycles. The first-order valence-electron chi connectivity index (χ1n) is 33.9. The summed E-state index contributed by atoms with van der Waals surface area (Å²) in [6, 6.07) is -0.894. The molecule has 0 aliphatic carbocycles. The number of ether oxygens (including phenoxy) is 1. The van der Waals surface area contributed by atoms with Crippen LogP contribution >= 0.6 is 7.82 Å². The summed E-state index contributed by atoms with van der Waals surface area (Å²) in [5.41, 5.74) is 0. The molecule has 1 N–H and O–H groups in total. The number of rotatable bonds is 62. The number of unbranched alkanes of at least 4 members (excludes halogenated alkanes) is 40. The molecule has 0 heterocycles. The molecular weight excluding hydrogens is 1000 g/mol. The third kappa shape index (κ3) is 60.4. The van der Waals surface area contributed by atoms with E-state index in [2.05, 4.69) is 62.5 Å². The lowest BCUT2D eigenvalue weighted by molar-refractivity contribution is -0.870. The fourth-order valence-corrected chi connectivity index (χ4v) is 10.7. The van der Waals surface area contributed by atoms with E-state index in [1.54, 1.807) is 0 Å². The molecule has 0 aliphatic rings. The van der Waals surface area contributed by atoms with Gasteiger partial charge in [0.1, 0.15) is 19.3 Å². The second-order valence-electron chi connectivity index (χ2n) is 24.3. The summed E-state index contributed by atoms with van der Waals surface area (Å²) < 4.78 is 30.4. The van der Waals surface area contributed by atoms with Crippen molar-refractivity contribution in [1.82, 2.24) is 5.32 Å². The Morgan fingerprint density at radius 1 is 0.443 bits per heavy atom. The number of quaternary nitrogens is 1. The molecule has 464 valence electrons. The lowest BCUT2D eigenvalue weighted by Crippen LogP contribution is -2.47. The normalized spacial score (nSPS) is 13.9. The second kappa shape index (κ2) is 59.1. The number of amides is 1. The molecule has 9 nitrogen and oxygen atoms in total. The molecule has 0 radical (unpaired) electrons. The number of carbonyl (C=O) groups excluding carboxylic acids is 2. The van der Waals surface area contributed by atoms with Crippen molar-refractivity contribution < 1.29 is 37.3 Å². The maximum absolute atomic E-state index is 13.6. The van der Waals surface area contributed by atoms with Crippen molar-refractivity contribution in [1.29, 1.82) is 0 Å². The van der Waals surface area contributed by atoms with Gasteiger partial charge in [0.15, 0.2) is 0 Å². The lowest BCUT2D eigenvalue weighted by Gasteiger charge is -2.30. The Morgan fingerprint density at radius 2 is 0.772 bits per heavy atom. The molecule has 3 atom stereocenters. The summed E-state index contributed by atoms with van der Waals surface area (Å²) >= 11 is 0. The summed E-state index contributed by atoms with van der Waals surface area (Å²) in [5.74, 6) is -0.540. The molecule has 1 amide bonds. The number of hydrogen-bond donors (Lipinski definition) is 1. The van der Waals surface area contributed by atoms with Crippen LogP contribution < -0.4 is 10.2 Å². The zero-order valence-corrected chi connectivity index (χ0v) is 54.0. The summed E-state index contributed by atoms with van der Waals surface area (Å²) in [6.07, 6.45) is 73.6. The van der Waals surface area contributed by atoms with E-state index >= 15 is 0 Å². The van der Waals surface area contributed by atoms with Crippen LogP contribution in [0, 0.1) is 0 Å². The van der Waals surface area contributed by atoms with Gasteiger partial charge in [-0.3, -0.25) is 14.2 Å². The molecule has 79 heavy (non-hydrogen) atoms. The van der Waals surface area contributed by atoms with Crippen molar-refractivity contribution in [2.24, 2.45) is 0 Å². The molecule has 0 rings (SSSR count). The molecule has 0 aromatic rings. The van der Waals surface area contributed by atoms with Crippen LogP contribution in [-0.2, 0) is 27.9 Å². The highest BCUT2D eigenvalue weighted by atomic mass is 31.2. The Morgan fingerprint density at radius 3 is 1.18 bits per heavy atom. The molecule has 0 fully saturated rings. The molecule has 3 unspecified atom stereocenters. The van der Waals surface area contributed by atoms with Gasteiger partial charge in [-0.05, 0) is 70.3 Å². The smallest absolute Gasteiger partial charge is 0.306 e. The highest BCUT2D eigenvalue weighted by Gasteiger charge is 2.27. The SMILES string of the molecule is CCCCC/C=C\C/C=C\C/C=C\CCCCCCCCC(=O)NC(COP(=O)([O-])OCC[N+](C)(C)C)C(/C=C/CCCCCCCCCCCCC)OC(=O)CCCCCCCCCCCCCCCCCCCCCCC. The Labute approximate surface area is 490 Å². The first-order chi connectivity index (χ1) is 38.4. The number of carbonyl (C=O) groups is 2. The van der Waals surface area contributed by atoms with Gasteiger partial charge in [0.05, 0.1) is 33.8 Å². The minimum atomic E-state index is -4.70. The van der Waals surface area contributed by atoms with Gasteiger partial charge in [0, 0.05) is 12.8 Å². The van der Waals surface area contributed by atoms with Crippen LogP contribution in [0.25, 0.3) is 0 Å². The van der Waals surface area contributed by atoms with Crippen LogP contribution in [0.4, 0.5) is 0 Å². The summed E-state index contributed by atoms with van der Waals surface area (Å²) in [4.78, 5) is 40.1. The average molecular weight is 1130 g/mol. The summed E-state index contributed by atoms with van der Waals surface area (Å²) in [5, 5.41) is 3.04. The minimum absolute atomic E-state index is 0.0239. The van der Waals surface area contributed by atoms with Gasteiger partial charge in [-0.2, -0.15) is 0 Å². The van der Waals surface area contributed by atoms with E-state index in [9.17, 15) is 19.0 Å². The molecule has 0 bridgehead atoms. The number of likely N-dealkylation sites (N-methyl/N-ethyl adjacent to an activating group) is 1. The number of phosphoric ester groups is 1. The first-order valence-corrected chi connectivity index (χ1v) is 35.4. The predicted octanol–water partition coefficient (Wildman–Crippen LogP) is 20.6. The van der Waals surface area contributed by atoms with Gasteiger partial charge < -0.3 is 28.5 Å². The van der Waals surface area contributed by atoms with Crippen molar-refractivity contribution in [3.8, 4) is 0 Å². The Balaban J connectivity index is 5.19. The van der Waals surface area contributed by atoms with Gasteiger partial charge >= 0.3 is 5.97 Å². The molecular formula is C69H131N2O7P. The van der Waals surface area contributed by atoms with Crippen molar-refractivity contribution in [3.05, 3.63) is 48.6 Å². The van der Waals surface area contributed by atoms with Crippen molar-refractivity contribution in [3.63, 3.8) is 0 Å². The van der Waals surface area contributed by atoms with Gasteiger partial charge in [0.2, 0.25) is 5.91 Å². The number of nitrogens with one attached hydrogen (secondary N) is 1. The molecule has 0 saturated carbocycles. The van der Waals surface area contributed by atoms with E-state index in [0.717, 1.165) is 89.9 Å². The van der Waals surface area contributed by atoms with Crippen LogP contribution in [0.2, 0.25) is 0 Å². The van der Waals surface area contributed by atoms with Crippen LogP contribution in [0.5, 0.6) is 0 Å². The van der Waals surface area contributed by atoms with E-state index in [-0.39, 0.29) is 24.9 Å². The van der Waals surface area contributed by atoms with Crippen LogP contribution in [0.15, 0.2) is 48.6 Å². The van der Waals surface area contributed by atoms with E-state index in [1.165, 1.54) is 205 Å². The van der Waals surface area contributed by atoms with Gasteiger partial charge in [-0.15, -0.1) is 0 Å². The summed E-state index contributed by atoms with van der Waals surface area (Å²) in [7, 11) is 1.19. The minimum Gasteiger partial charge on any atom is -0.756 e. The fourth-order valence-electron chi connectivity index (χ4n) is 10.0. The average Bonchev–Trinajstić information content (AvgIpc) is 3.41. The molecule has 0 aliphatic heterocycles. The van der Waals surface area contributed by atoms with Gasteiger partial charge in [0.25, 0.3) is 7.82 Å². The Bertz CT molecular complexity index is 1490. The van der Waals surface area contributed by atoms with Crippen LogP contribution in [0.1, 0.15) is 329 Å². The second-order valence-corrected chi connectivity index (χ2v) is 25.7. The zero-order valence-electron chi connectivity index (χ0n) is 53.1. The molecule has 0 saturated heterocycles. The van der Waals surface area contributed by atoms with Gasteiger partial charge in [-0.1, -0.05) is 294 Å². The van der Waals surface area contributed by atoms with Crippen LogP contribution in [-0.4, -0.2) is 69.4 Å². The largest absolute Gasteiger partial charge is 0.756 e. The zero-order chi connectivity index (χ0) is 57.9. The van der Waals surface area contributed by atoms with Gasteiger partial charge in [-0.25, -0.2) is 0 Å². The molecule has 0 spiro atoms. The third-order valence-electron chi connectivity index (χ3n) is 15.3. The van der Waals surface area contributed by atoms with Crippen LogP contribution in [0.3, 0.4) is 0 Å². The topological polar surface area (TPSA) is 114 Å². The van der Waals surface area contributed by atoms with E-state index < -0.39 is 26.6 Å². The number of nitrogens with zero attached hydrogens (tertiary/aromatic N) is 1. The fraction of sp³-hybridized carbons (Fsp3) is 0.855. The molecule has 10 heteroatoms. The van der Waals surface area contributed by atoms with Crippen molar-refractivity contribution >= 4 is 19.7 Å². The highest BCUT2D eigenvalue weighted by Crippen LogP contribution is 2.38.